The standard InChI is InChI=1S/C24H28O5/c25-15-7-8-16(19(27)14-15)24-13-5-2-6-20(24)23(11-3-1-4-12-23)17-9-10-18(26)21(28)22(17)29-24/h7-10,14,20,25-28H,1-6,11-13H2. The van der Waals surface area contributed by atoms with E-state index in [2.05, 4.69) is 0 Å². The molecule has 1 spiro atoms. The highest BCUT2D eigenvalue weighted by Gasteiger charge is 2.60. The Hall–Kier alpha value is -2.56. The molecule has 2 unspecified atom stereocenters. The van der Waals surface area contributed by atoms with E-state index in [1.165, 1.54) is 12.5 Å². The summed E-state index contributed by atoms with van der Waals surface area (Å²) in [6.45, 7) is 0. The van der Waals surface area contributed by atoms with Gasteiger partial charge in [-0.1, -0.05) is 31.7 Å². The van der Waals surface area contributed by atoms with E-state index in [9.17, 15) is 20.4 Å². The van der Waals surface area contributed by atoms with Gasteiger partial charge in [-0.15, -0.1) is 0 Å². The summed E-state index contributed by atoms with van der Waals surface area (Å²) >= 11 is 0. The van der Waals surface area contributed by atoms with Gasteiger partial charge < -0.3 is 25.2 Å². The number of fused-ring (bicyclic) bond motifs is 4. The summed E-state index contributed by atoms with van der Waals surface area (Å²) in [5.74, 6) is 0.154. The van der Waals surface area contributed by atoms with E-state index in [1.807, 2.05) is 6.07 Å². The maximum atomic E-state index is 10.8. The van der Waals surface area contributed by atoms with E-state index >= 15 is 0 Å². The van der Waals surface area contributed by atoms with E-state index in [-0.39, 0.29) is 34.3 Å². The fourth-order valence-corrected chi connectivity index (χ4v) is 6.47. The van der Waals surface area contributed by atoms with Gasteiger partial charge in [-0.3, -0.25) is 0 Å². The van der Waals surface area contributed by atoms with Crippen LogP contribution in [0.3, 0.4) is 0 Å². The Morgan fingerprint density at radius 2 is 1.48 bits per heavy atom. The molecule has 5 heteroatoms. The highest BCUT2D eigenvalue weighted by atomic mass is 16.5. The second-order valence-corrected chi connectivity index (χ2v) is 9.02. The fraction of sp³-hybridized carbons (Fsp3) is 0.500. The van der Waals surface area contributed by atoms with Crippen LogP contribution in [-0.2, 0) is 11.0 Å². The SMILES string of the molecule is Oc1ccc(C23CCCCC2C2(CCCCC2)c2ccc(O)c(O)c2O3)c(O)c1. The first kappa shape index (κ1) is 18.5. The molecule has 5 nitrogen and oxygen atoms in total. The molecule has 3 aliphatic rings. The van der Waals surface area contributed by atoms with Crippen molar-refractivity contribution >= 4 is 0 Å². The van der Waals surface area contributed by atoms with Gasteiger partial charge in [0.05, 0.1) is 0 Å². The summed E-state index contributed by atoms with van der Waals surface area (Å²) in [4.78, 5) is 0. The topological polar surface area (TPSA) is 90.2 Å². The van der Waals surface area contributed by atoms with Gasteiger partial charge >= 0.3 is 0 Å². The summed E-state index contributed by atoms with van der Waals surface area (Å²) in [6.07, 6.45) is 9.25. The first-order valence-corrected chi connectivity index (χ1v) is 10.7. The quantitative estimate of drug-likeness (QED) is 0.498. The van der Waals surface area contributed by atoms with Crippen LogP contribution < -0.4 is 4.74 Å². The highest BCUT2D eigenvalue weighted by Crippen LogP contribution is 2.65. The average Bonchev–Trinajstić information content (AvgIpc) is 2.72. The Kier molecular flexibility index (Phi) is 4.12. The second-order valence-electron chi connectivity index (χ2n) is 9.02. The first-order chi connectivity index (χ1) is 14.0. The van der Waals surface area contributed by atoms with E-state index in [4.69, 9.17) is 4.74 Å². The smallest absolute Gasteiger partial charge is 0.200 e. The fourth-order valence-electron chi connectivity index (χ4n) is 6.47. The van der Waals surface area contributed by atoms with E-state index in [0.29, 0.717) is 11.3 Å². The zero-order valence-corrected chi connectivity index (χ0v) is 16.5. The molecule has 2 aliphatic carbocycles. The number of hydrogen-bond acceptors (Lipinski definition) is 5. The van der Waals surface area contributed by atoms with Crippen LogP contribution in [0.4, 0.5) is 0 Å². The Morgan fingerprint density at radius 3 is 2.24 bits per heavy atom. The van der Waals surface area contributed by atoms with Crippen molar-refractivity contribution in [2.45, 2.75) is 68.8 Å². The molecule has 154 valence electrons. The molecular weight excluding hydrogens is 368 g/mol. The Labute approximate surface area is 170 Å². The molecule has 4 N–H and O–H groups in total. The van der Waals surface area contributed by atoms with E-state index < -0.39 is 5.60 Å². The van der Waals surface area contributed by atoms with Crippen LogP contribution in [-0.4, -0.2) is 20.4 Å². The predicted octanol–water partition coefficient (Wildman–Crippen LogP) is 5.19. The second kappa shape index (κ2) is 6.48. The van der Waals surface area contributed by atoms with Crippen LogP contribution in [0.2, 0.25) is 0 Å². The number of rotatable bonds is 1. The van der Waals surface area contributed by atoms with E-state index in [1.54, 1.807) is 18.2 Å². The molecule has 29 heavy (non-hydrogen) atoms. The van der Waals surface area contributed by atoms with Crippen molar-refractivity contribution in [2.24, 2.45) is 5.92 Å². The summed E-state index contributed by atoms with van der Waals surface area (Å²) in [5, 5.41) is 41.6. The first-order valence-electron chi connectivity index (χ1n) is 10.7. The third-order valence-corrected chi connectivity index (χ3v) is 7.63. The molecule has 2 aromatic rings. The van der Waals surface area contributed by atoms with Gasteiger partial charge in [-0.2, -0.15) is 0 Å². The molecule has 0 aromatic heterocycles. The van der Waals surface area contributed by atoms with Crippen molar-refractivity contribution < 1.29 is 25.2 Å². The molecule has 2 atom stereocenters. The van der Waals surface area contributed by atoms with Gasteiger partial charge in [-0.05, 0) is 50.3 Å². The van der Waals surface area contributed by atoms with Gasteiger partial charge in [0.1, 0.15) is 17.1 Å². The third kappa shape index (κ3) is 2.52. The van der Waals surface area contributed by atoms with E-state index in [0.717, 1.165) is 56.9 Å². The summed E-state index contributed by atoms with van der Waals surface area (Å²) in [6, 6.07) is 8.20. The molecule has 0 bridgehead atoms. The van der Waals surface area contributed by atoms with Crippen LogP contribution in [0.5, 0.6) is 28.7 Å². The zero-order chi connectivity index (χ0) is 20.2. The van der Waals surface area contributed by atoms with Crippen LogP contribution in [0.25, 0.3) is 0 Å². The number of hydrogen-bond donors (Lipinski definition) is 4. The average molecular weight is 396 g/mol. The van der Waals surface area contributed by atoms with Crippen LogP contribution in [0.1, 0.15) is 68.9 Å². The van der Waals surface area contributed by atoms with Crippen LogP contribution in [0.15, 0.2) is 30.3 Å². The van der Waals surface area contributed by atoms with Crippen molar-refractivity contribution in [3.63, 3.8) is 0 Å². The molecule has 5 rings (SSSR count). The Balaban J connectivity index is 1.79. The van der Waals surface area contributed by atoms with Crippen molar-refractivity contribution in [1.29, 1.82) is 0 Å². The van der Waals surface area contributed by atoms with Gasteiger partial charge in [0.2, 0.25) is 5.75 Å². The number of aromatic hydroxyl groups is 4. The highest BCUT2D eigenvalue weighted by molar-refractivity contribution is 5.60. The largest absolute Gasteiger partial charge is 0.508 e. The molecule has 0 radical (unpaired) electrons. The normalized spacial score (nSPS) is 27.7. The number of ether oxygens (including phenoxy) is 1. The molecule has 2 fully saturated rings. The third-order valence-electron chi connectivity index (χ3n) is 7.63. The van der Waals surface area contributed by atoms with Crippen LogP contribution in [0, 0.1) is 5.92 Å². The minimum Gasteiger partial charge on any atom is -0.508 e. The van der Waals surface area contributed by atoms with Gasteiger partial charge in [0.25, 0.3) is 0 Å². The minimum absolute atomic E-state index is 0.0130. The predicted molar refractivity (Wildman–Crippen MR) is 109 cm³/mol. The van der Waals surface area contributed by atoms with Crippen molar-refractivity contribution in [3.8, 4) is 28.7 Å². The molecule has 1 aliphatic heterocycles. The molecule has 2 aromatic carbocycles. The zero-order valence-electron chi connectivity index (χ0n) is 16.5. The van der Waals surface area contributed by atoms with Crippen molar-refractivity contribution in [3.05, 3.63) is 41.5 Å². The molecular formula is C24H28O5. The maximum Gasteiger partial charge on any atom is 0.200 e. The lowest BCUT2D eigenvalue weighted by Gasteiger charge is -2.58. The minimum atomic E-state index is -0.786. The maximum absolute atomic E-state index is 10.8. The summed E-state index contributed by atoms with van der Waals surface area (Å²) in [7, 11) is 0. The lowest BCUT2D eigenvalue weighted by atomic mass is 9.51. The van der Waals surface area contributed by atoms with Crippen molar-refractivity contribution in [2.75, 3.05) is 0 Å². The molecule has 2 saturated carbocycles. The number of phenols is 4. The van der Waals surface area contributed by atoms with Gasteiger partial charge in [0, 0.05) is 28.5 Å². The lowest BCUT2D eigenvalue weighted by Crippen LogP contribution is -2.57. The van der Waals surface area contributed by atoms with Gasteiger partial charge in [0.15, 0.2) is 11.5 Å². The summed E-state index contributed by atoms with van der Waals surface area (Å²) < 4.78 is 6.62. The monoisotopic (exact) mass is 396 g/mol. The summed E-state index contributed by atoms with van der Waals surface area (Å²) in [5.41, 5.74) is 0.722. The number of phenolic OH excluding ortho intramolecular Hbond substituents is 4. The Morgan fingerprint density at radius 1 is 0.759 bits per heavy atom. The lowest BCUT2D eigenvalue weighted by molar-refractivity contribution is -0.0973. The number of benzene rings is 2. The van der Waals surface area contributed by atoms with Gasteiger partial charge in [-0.25, -0.2) is 0 Å². The van der Waals surface area contributed by atoms with Crippen LogP contribution >= 0.6 is 0 Å². The molecule has 0 saturated heterocycles. The van der Waals surface area contributed by atoms with Crippen molar-refractivity contribution in [1.82, 2.24) is 0 Å². The molecule has 0 amide bonds. The Bertz CT molecular complexity index is 947. The molecule has 1 heterocycles.